The topological polar surface area (TPSA) is 96.5 Å². The molecule has 1 unspecified atom stereocenters. The molecule has 0 aliphatic carbocycles. The number of hydrogen-bond donors (Lipinski definition) is 3. The van der Waals surface area contributed by atoms with Crippen LogP contribution in [0.3, 0.4) is 0 Å². The molecule has 2 rings (SSSR count). The number of hydrogen-bond acceptors (Lipinski definition) is 4. The number of benzene rings is 1. The minimum Gasteiger partial charge on any atom is -0.385 e. The highest BCUT2D eigenvalue weighted by molar-refractivity contribution is 6.10. The van der Waals surface area contributed by atoms with Crippen molar-refractivity contribution in [3.05, 3.63) is 29.8 Å². The molecular formula is C15H19N3O4. The standard InChI is InChI=1S/C15H19N3O4/c1-22-8-4-7-16-13(19)9-12-15(21)17-11-6-3-2-5-10(11)14(20)18-12/h2-3,5-6,12H,4,7-9H2,1H3,(H,16,19)(H,17,21)(H,18,20). The molecule has 0 fully saturated rings. The van der Waals surface area contributed by atoms with Crippen LogP contribution in [0.2, 0.25) is 0 Å². The number of ether oxygens (including phenoxy) is 1. The lowest BCUT2D eigenvalue weighted by Gasteiger charge is -2.14. The summed E-state index contributed by atoms with van der Waals surface area (Å²) in [5, 5.41) is 7.93. The average Bonchev–Trinajstić information content (AvgIpc) is 2.62. The van der Waals surface area contributed by atoms with Gasteiger partial charge in [-0.25, -0.2) is 0 Å². The highest BCUT2D eigenvalue weighted by Gasteiger charge is 2.29. The highest BCUT2D eigenvalue weighted by Crippen LogP contribution is 2.18. The van der Waals surface area contributed by atoms with Crippen molar-refractivity contribution in [3.63, 3.8) is 0 Å². The summed E-state index contributed by atoms with van der Waals surface area (Å²) in [6.07, 6.45) is 0.593. The Labute approximate surface area is 128 Å². The number of amides is 3. The normalized spacial score (nSPS) is 17.0. The van der Waals surface area contributed by atoms with Crippen LogP contribution in [-0.4, -0.2) is 44.0 Å². The predicted octanol–water partition coefficient (Wildman–Crippen LogP) is 0.280. The molecule has 1 aromatic carbocycles. The molecule has 22 heavy (non-hydrogen) atoms. The summed E-state index contributed by atoms with van der Waals surface area (Å²) in [7, 11) is 1.59. The van der Waals surface area contributed by atoms with Crippen LogP contribution in [0.4, 0.5) is 5.69 Å². The minimum absolute atomic E-state index is 0.0987. The zero-order chi connectivity index (χ0) is 15.9. The van der Waals surface area contributed by atoms with E-state index in [2.05, 4.69) is 16.0 Å². The van der Waals surface area contributed by atoms with Crippen LogP contribution in [0.1, 0.15) is 23.2 Å². The van der Waals surface area contributed by atoms with Gasteiger partial charge in [0, 0.05) is 20.3 Å². The van der Waals surface area contributed by atoms with E-state index in [1.807, 2.05) is 0 Å². The molecule has 0 bridgehead atoms. The summed E-state index contributed by atoms with van der Waals surface area (Å²) in [6, 6.07) is 5.84. The van der Waals surface area contributed by atoms with Crippen LogP contribution in [0.15, 0.2) is 24.3 Å². The van der Waals surface area contributed by atoms with Gasteiger partial charge in [-0.1, -0.05) is 12.1 Å². The third kappa shape index (κ3) is 4.05. The first-order chi connectivity index (χ1) is 10.6. The third-order valence-corrected chi connectivity index (χ3v) is 3.29. The van der Waals surface area contributed by atoms with Gasteiger partial charge >= 0.3 is 0 Å². The summed E-state index contributed by atoms with van der Waals surface area (Å²) < 4.78 is 4.88. The number of nitrogens with one attached hydrogen (secondary N) is 3. The first-order valence-electron chi connectivity index (χ1n) is 7.08. The molecule has 1 aliphatic heterocycles. The summed E-state index contributed by atoms with van der Waals surface area (Å²) in [4.78, 5) is 36.0. The van der Waals surface area contributed by atoms with Crippen molar-refractivity contribution in [1.29, 1.82) is 0 Å². The van der Waals surface area contributed by atoms with Crippen LogP contribution in [0.25, 0.3) is 0 Å². The Kier molecular flexibility index (Phi) is 5.48. The van der Waals surface area contributed by atoms with E-state index >= 15 is 0 Å². The molecule has 7 heteroatoms. The lowest BCUT2D eigenvalue weighted by Crippen LogP contribution is -2.44. The number of anilines is 1. The monoisotopic (exact) mass is 305 g/mol. The Balaban J connectivity index is 1.94. The lowest BCUT2D eigenvalue weighted by atomic mass is 10.1. The molecule has 0 saturated carbocycles. The van der Waals surface area contributed by atoms with Gasteiger partial charge in [0.15, 0.2) is 0 Å². The van der Waals surface area contributed by atoms with Crippen molar-refractivity contribution >= 4 is 23.4 Å². The Morgan fingerprint density at radius 3 is 2.86 bits per heavy atom. The van der Waals surface area contributed by atoms with E-state index in [0.29, 0.717) is 30.8 Å². The van der Waals surface area contributed by atoms with Crippen LogP contribution in [0, 0.1) is 0 Å². The Hall–Kier alpha value is -2.41. The second-order valence-corrected chi connectivity index (χ2v) is 4.96. The molecule has 0 aromatic heterocycles. The molecule has 7 nitrogen and oxygen atoms in total. The molecule has 0 radical (unpaired) electrons. The van der Waals surface area contributed by atoms with Gasteiger partial charge in [0.05, 0.1) is 17.7 Å². The fourth-order valence-corrected chi connectivity index (χ4v) is 2.16. The minimum atomic E-state index is -0.887. The fourth-order valence-electron chi connectivity index (χ4n) is 2.16. The van der Waals surface area contributed by atoms with Crippen molar-refractivity contribution in [2.24, 2.45) is 0 Å². The van der Waals surface area contributed by atoms with Gasteiger partial charge in [-0.05, 0) is 18.6 Å². The summed E-state index contributed by atoms with van der Waals surface area (Å²) in [5.41, 5.74) is 0.840. The zero-order valence-electron chi connectivity index (χ0n) is 12.3. The molecule has 3 amide bonds. The van der Waals surface area contributed by atoms with Gasteiger partial charge in [-0.3, -0.25) is 14.4 Å². The Bertz CT molecular complexity index is 574. The number of carbonyl (C=O) groups excluding carboxylic acids is 3. The lowest BCUT2D eigenvalue weighted by molar-refractivity contribution is -0.125. The molecular weight excluding hydrogens is 286 g/mol. The number of rotatable bonds is 6. The van der Waals surface area contributed by atoms with Crippen LogP contribution >= 0.6 is 0 Å². The van der Waals surface area contributed by atoms with E-state index in [0.717, 1.165) is 0 Å². The van der Waals surface area contributed by atoms with E-state index < -0.39 is 11.9 Å². The predicted molar refractivity (Wildman–Crippen MR) is 80.4 cm³/mol. The molecule has 0 saturated heterocycles. The van der Waals surface area contributed by atoms with Gasteiger partial charge in [0.2, 0.25) is 11.8 Å². The fraction of sp³-hybridized carbons (Fsp3) is 0.400. The Morgan fingerprint density at radius 2 is 2.09 bits per heavy atom. The molecule has 1 atom stereocenters. The quantitative estimate of drug-likeness (QED) is 0.658. The van der Waals surface area contributed by atoms with E-state index in [1.165, 1.54) is 0 Å². The van der Waals surface area contributed by atoms with E-state index in [-0.39, 0.29) is 18.2 Å². The third-order valence-electron chi connectivity index (χ3n) is 3.29. The van der Waals surface area contributed by atoms with Crippen molar-refractivity contribution < 1.29 is 19.1 Å². The molecule has 0 spiro atoms. The maximum absolute atomic E-state index is 12.1. The van der Waals surface area contributed by atoms with Gasteiger partial charge in [-0.2, -0.15) is 0 Å². The SMILES string of the molecule is COCCCNC(=O)CC1NC(=O)c2ccccc2NC1=O. The number of carbonyl (C=O) groups is 3. The number of para-hydroxylation sites is 1. The van der Waals surface area contributed by atoms with E-state index in [1.54, 1.807) is 31.4 Å². The molecule has 1 aliphatic rings. The van der Waals surface area contributed by atoms with E-state index in [9.17, 15) is 14.4 Å². The molecule has 3 N–H and O–H groups in total. The second kappa shape index (κ2) is 7.56. The molecule has 118 valence electrons. The molecule has 1 heterocycles. The number of methoxy groups -OCH3 is 1. The zero-order valence-corrected chi connectivity index (χ0v) is 12.3. The van der Waals surface area contributed by atoms with Crippen molar-refractivity contribution in [2.75, 3.05) is 25.6 Å². The summed E-state index contributed by atoms with van der Waals surface area (Å²) in [5.74, 6) is -1.06. The Morgan fingerprint density at radius 1 is 1.32 bits per heavy atom. The highest BCUT2D eigenvalue weighted by atomic mass is 16.5. The average molecular weight is 305 g/mol. The maximum Gasteiger partial charge on any atom is 0.254 e. The van der Waals surface area contributed by atoms with Gasteiger partial charge in [0.25, 0.3) is 5.91 Å². The first kappa shape index (κ1) is 16.0. The maximum atomic E-state index is 12.1. The smallest absolute Gasteiger partial charge is 0.254 e. The van der Waals surface area contributed by atoms with Crippen LogP contribution < -0.4 is 16.0 Å². The van der Waals surface area contributed by atoms with Crippen LogP contribution in [-0.2, 0) is 14.3 Å². The van der Waals surface area contributed by atoms with Gasteiger partial charge in [0.1, 0.15) is 6.04 Å². The van der Waals surface area contributed by atoms with Crippen molar-refractivity contribution in [1.82, 2.24) is 10.6 Å². The van der Waals surface area contributed by atoms with Crippen LogP contribution in [0.5, 0.6) is 0 Å². The summed E-state index contributed by atoms with van der Waals surface area (Å²) >= 11 is 0. The van der Waals surface area contributed by atoms with Crippen molar-refractivity contribution in [3.8, 4) is 0 Å². The first-order valence-corrected chi connectivity index (χ1v) is 7.08. The van der Waals surface area contributed by atoms with E-state index in [4.69, 9.17) is 4.74 Å². The van der Waals surface area contributed by atoms with Gasteiger partial charge < -0.3 is 20.7 Å². The molecule has 1 aromatic rings. The van der Waals surface area contributed by atoms with Crippen molar-refractivity contribution in [2.45, 2.75) is 18.9 Å². The van der Waals surface area contributed by atoms with Gasteiger partial charge in [-0.15, -0.1) is 0 Å². The second-order valence-electron chi connectivity index (χ2n) is 4.96. The number of fused-ring (bicyclic) bond motifs is 1. The summed E-state index contributed by atoms with van der Waals surface area (Å²) in [6.45, 7) is 1.02. The largest absolute Gasteiger partial charge is 0.385 e.